The van der Waals surface area contributed by atoms with Gasteiger partial charge < -0.3 is 15.0 Å². The molecule has 0 fully saturated rings. The Bertz CT molecular complexity index is 1400. The van der Waals surface area contributed by atoms with Crippen molar-refractivity contribution in [3.63, 3.8) is 0 Å². The Kier molecular flexibility index (Phi) is 7.40. The number of anilines is 1. The van der Waals surface area contributed by atoms with E-state index in [9.17, 15) is 4.79 Å². The number of hydrogen-bond acceptors (Lipinski definition) is 6. The van der Waals surface area contributed by atoms with Crippen molar-refractivity contribution in [3.05, 3.63) is 83.3 Å². The van der Waals surface area contributed by atoms with E-state index in [1.807, 2.05) is 63.6 Å². The Hall–Kier alpha value is -4.04. The van der Waals surface area contributed by atoms with Gasteiger partial charge in [0.15, 0.2) is 0 Å². The zero-order chi connectivity index (χ0) is 26.7. The van der Waals surface area contributed by atoms with Crippen LogP contribution in [0.4, 0.5) is 5.69 Å². The Labute approximate surface area is 218 Å². The number of rotatable bonds is 7. The molecule has 0 aliphatic rings. The van der Waals surface area contributed by atoms with Crippen molar-refractivity contribution in [1.29, 1.82) is 0 Å². The minimum atomic E-state index is -0.228. The molecule has 8 nitrogen and oxygen atoms in total. The van der Waals surface area contributed by atoms with Gasteiger partial charge in [0.05, 0.1) is 24.7 Å². The lowest BCUT2D eigenvalue weighted by molar-refractivity contribution is 0.102. The third kappa shape index (κ3) is 5.86. The summed E-state index contributed by atoms with van der Waals surface area (Å²) in [6.45, 7) is 9.14. The first-order chi connectivity index (χ1) is 17.6. The number of pyridine rings is 1. The van der Waals surface area contributed by atoms with Crippen LogP contribution in [-0.2, 0) is 12.0 Å². The Morgan fingerprint density at radius 1 is 1.14 bits per heavy atom. The topological polar surface area (TPSA) is 85.2 Å². The third-order valence-corrected chi connectivity index (χ3v) is 6.14. The highest BCUT2D eigenvalue weighted by Crippen LogP contribution is 2.36. The Morgan fingerprint density at radius 3 is 2.57 bits per heavy atom. The first kappa shape index (κ1) is 26.0. The van der Waals surface area contributed by atoms with Crippen molar-refractivity contribution in [2.45, 2.75) is 39.7 Å². The van der Waals surface area contributed by atoms with E-state index in [1.165, 1.54) is 0 Å². The third-order valence-electron chi connectivity index (χ3n) is 6.14. The fraction of sp³-hybridized carbons (Fsp3) is 0.310. The number of carbonyl (C=O) groups is 1. The molecule has 4 rings (SSSR count). The number of hydrogen-bond donors (Lipinski definition) is 1. The molecule has 0 saturated carbocycles. The number of amides is 1. The van der Waals surface area contributed by atoms with Crippen LogP contribution in [0.1, 0.15) is 47.8 Å². The van der Waals surface area contributed by atoms with E-state index in [2.05, 4.69) is 52.4 Å². The fourth-order valence-electron chi connectivity index (χ4n) is 4.13. The molecule has 8 heteroatoms. The van der Waals surface area contributed by atoms with Crippen molar-refractivity contribution in [2.24, 2.45) is 0 Å². The monoisotopic (exact) mass is 498 g/mol. The van der Waals surface area contributed by atoms with E-state index in [0.29, 0.717) is 29.2 Å². The molecule has 0 saturated heterocycles. The van der Waals surface area contributed by atoms with Crippen LogP contribution in [0.15, 0.2) is 61.1 Å². The molecule has 0 atom stereocenters. The van der Waals surface area contributed by atoms with E-state index in [4.69, 9.17) is 4.74 Å². The molecule has 1 N–H and O–H groups in total. The van der Waals surface area contributed by atoms with Gasteiger partial charge in [0, 0.05) is 35.6 Å². The zero-order valence-electron chi connectivity index (χ0n) is 22.5. The number of methoxy groups -OCH3 is 1. The summed E-state index contributed by atoms with van der Waals surface area (Å²) in [5.74, 6) is 0.439. The SMILES string of the molecule is COc1c(CN(C)C)cc(C(C)(C)C)cc1NC(=O)c1ccc(C)c(-n2cc(-c3cccnc3)nn2)c1. The lowest BCUT2D eigenvalue weighted by Gasteiger charge is -2.25. The van der Waals surface area contributed by atoms with Crippen LogP contribution in [0.2, 0.25) is 0 Å². The molecule has 0 aliphatic heterocycles. The predicted octanol–water partition coefficient (Wildman–Crippen LogP) is 5.26. The molecule has 0 radical (unpaired) electrons. The number of ether oxygens (including phenoxy) is 1. The molecule has 2 aromatic carbocycles. The maximum absolute atomic E-state index is 13.5. The van der Waals surface area contributed by atoms with E-state index in [0.717, 1.165) is 27.9 Å². The van der Waals surface area contributed by atoms with Gasteiger partial charge in [-0.3, -0.25) is 9.78 Å². The van der Waals surface area contributed by atoms with Gasteiger partial charge in [-0.1, -0.05) is 38.1 Å². The molecule has 192 valence electrons. The van der Waals surface area contributed by atoms with Crippen molar-refractivity contribution in [3.8, 4) is 22.7 Å². The van der Waals surface area contributed by atoms with Crippen molar-refractivity contribution in [2.75, 3.05) is 26.5 Å². The summed E-state index contributed by atoms with van der Waals surface area (Å²) in [5.41, 5.74) is 6.54. The van der Waals surface area contributed by atoms with Crippen molar-refractivity contribution < 1.29 is 9.53 Å². The second kappa shape index (κ2) is 10.5. The molecule has 0 unspecified atom stereocenters. The highest BCUT2D eigenvalue weighted by molar-refractivity contribution is 6.05. The zero-order valence-corrected chi connectivity index (χ0v) is 22.5. The first-order valence-electron chi connectivity index (χ1n) is 12.2. The van der Waals surface area contributed by atoms with Gasteiger partial charge >= 0.3 is 0 Å². The van der Waals surface area contributed by atoms with Crippen molar-refractivity contribution >= 4 is 11.6 Å². The maximum Gasteiger partial charge on any atom is 0.255 e. The number of benzene rings is 2. The molecule has 0 aliphatic carbocycles. The average Bonchev–Trinajstić information content (AvgIpc) is 3.34. The fourth-order valence-corrected chi connectivity index (χ4v) is 4.13. The van der Waals surface area contributed by atoms with Crippen molar-refractivity contribution in [1.82, 2.24) is 24.9 Å². The Morgan fingerprint density at radius 2 is 1.92 bits per heavy atom. The van der Waals surface area contributed by atoms with Gasteiger partial charge in [-0.2, -0.15) is 0 Å². The first-order valence-corrected chi connectivity index (χ1v) is 12.2. The van der Waals surface area contributed by atoms with Gasteiger partial charge in [0.25, 0.3) is 5.91 Å². The number of aryl methyl sites for hydroxylation is 1. The minimum absolute atomic E-state index is 0.0943. The van der Waals surface area contributed by atoms with Gasteiger partial charge in [-0.25, -0.2) is 4.68 Å². The molecule has 37 heavy (non-hydrogen) atoms. The molecule has 0 bridgehead atoms. The number of nitrogens with zero attached hydrogens (tertiary/aromatic N) is 5. The summed E-state index contributed by atoms with van der Waals surface area (Å²) in [7, 11) is 5.66. The number of carbonyl (C=O) groups excluding carboxylic acids is 1. The molecule has 2 heterocycles. The lowest BCUT2D eigenvalue weighted by atomic mass is 9.85. The normalized spacial score (nSPS) is 11.6. The maximum atomic E-state index is 13.5. The largest absolute Gasteiger partial charge is 0.494 e. The lowest BCUT2D eigenvalue weighted by Crippen LogP contribution is -2.19. The standard InChI is InChI=1S/C29H34N6O2/c1-19-10-11-20(14-26(19)35-18-25(32-33-35)21-9-8-12-30-16-21)28(36)31-24-15-23(29(2,3)4)13-22(17-34(5)6)27(24)37-7/h8-16,18H,17H2,1-7H3,(H,31,36). The molecule has 1 amide bonds. The summed E-state index contributed by atoms with van der Waals surface area (Å²) in [6, 6.07) is 13.5. The summed E-state index contributed by atoms with van der Waals surface area (Å²) in [5, 5.41) is 11.7. The Balaban J connectivity index is 1.68. The van der Waals surface area contributed by atoms with Crippen LogP contribution >= 0.6 is 0 Å². The van der Waals surface area contributed by atoms with Gasteiger partial charge in [0.1, 0.15) is 11.4 Å². The van der Waals surface area contributed by atoms with E-state index in [-0.39, 0.29) is 11.3 Å². The minimum Gasteiger partial charge on any atom is -0.494 e. The summed E-state index contributed by atoms with van der Waals surface area (Å²) >= 11 is 0. The van der Waals surface area contributed by atoms with E-state index in [1.54, 1.807) is 24.2 Å². The van der Waals surface area contributed by atoms with Crippen LogP contribution in [0, 0.1) is 6.92 Å². The highest BCUT2D eigenvalue weighted by Gasteiger charge is 2.22. The van der Waals surface area contributed by atoms with Crippen LogP contribution in [0.5, 0.6) is 5.75 Å². The van der Waals surface area contributed by atoms with Crippen LogP contribution in [-0.4, -0.2) is 52.0 Å². The van der Waals surface area contributed by atoms with Gasteiger partial charge in [-0.15, -0.1) is 5.10 Å². The molecular formula is C29H34N6O2. The quantitative estimate of drug-likeness (QED) is 0.374. The summed E-state index contributed by atoms with van der Waals surface area (Å²) < 4.78 is 7.45. The van der Waals surface area contributed by atoms with E-state index >= 15 is 0 Å². The molecule has 0 spiro atoms. The smallest absolute Gasteiger partial charge is 0.255 e. The average molecular weight is 499 g/mol. The number of aromatic nitrogens is 4. The van der Waals surface area contributed by atoms with E-state index < -0.39 is 0 Å². The predicted molar refractivity (Wildman–Crippen MR) is 146 cm³/mol. The molecule has 2 aromatic heterocycles. The second-order valence-corrected chi connectivity index (χ2v) is 10.4. The van der Waals surface area contributed by atoms with Crippen LogP contribution < -0.4 is 10.1 Å². The molecule has 4 aromatic rings. The second-order valence-electron chi connectivity index (χ2n) is 10.4. The van der Waals surface area contributed by atoms with Crippen LogP contribution in [0.25, 0.3) is 16.9 Å². The highest BCUT2D eigenvalue weighted by atomic mass is 16.5. The summed E-state index contributed by atoms with van der Waals surface area (Å²) in [6.07, 6.45) is 5.30. The van der Waals surface area contributed by atoms with Crippen LogP contribution in [0.3, 0.4) is 0 Å². The van der Waals surface area contributed by atoms with Gasteiger partial charge in [0.2, 0.25) is 0 Å². The number of nitrogens with one attached hydrogen (secondary N) is 1. The molecular weight excluding hydrogens is 464 g/mol. The van der Waals surface area contributed by atoms with Gasteiger partial charge in [-0.05, 0) is 67.9 Å². The summed E-state index contributed by atoms with van der Waals surface area (Å²) in [4.78, 5) is 19.7.